The second-order valence-corrected chi connectivity index (χ2v) is 5.66. The molecule has 0 nitrogen and oxygen atoms in total. The van der Waals surface area contributed by atoms with E-state index in [1.54, 1.807) is 0 Å². The van der Waals surface area contributed by atoms with Crippen LogP contribution in [0.15, 0.2) is 0 Å². The largest absolute Gasteiger partial charge is 0.225 e. The van der Waals surface area contributed by atoms with Gasteiger partial charge in [0.05, 0.1) is 0 Å². The number of hydrogen-bond acceptors (Lipinski definition) is 0. The smallest absolute Gasteiger partial charge is 0.193 e. The molecule has 1 fully saturated rings. The highest BCUT2D eigenvalue weighted by molar-refractivity contribution is 14.1. The lowest BCUT2D eigenvalue weighted by Gasteiger charge is -2.13. The van der Waals surface area contributed by atoms with Gasteiger partial charge in [0.2, 0.25) is 0 Å². The van der Waals surface area contributed by atoms with Crippen molar-refractivity contribution in [2.75, 3.05) is 0 Å². The van der Waals surface area contributed by atoms with Crippen molar-refractivity contribution < 1.29 is 4.39 Å². The van der Waals surface area contributed by atoms with Crippen molar-refractivity contribution in [3.8, 4) is 0 Å². The lowest BCUT2D eigenvalue weighted by atomic mass is 10.0. The number of halogens is 3. The molecule has 1 rings (SSSR count). The van der Waals surface area contributed by atoms with Crippen molar-refractivity contribution in [3.05, 3.63) is 0 Å². The van der Waals surface area contributed by atoms with E-state index < -0.39 is 5.13 Å². The number of rotatable bonds is 1. The predicted octanol–water partition coefficient (Wildman–Crippen LogP) is 3.37. The summed E-state index contributed by atoms with van der Waals surface area (Å²) in [7, 11) is 0. The molecule has 0 aliphatic heterocycles. The first kappa shape index (κ1) is 9.04. The Labute approximate surface area is 79.7 Å². The predicted molar refractivity (Wildman–Crippen MR) is 50.4 cm³/mol. The summed E-state index contributed by atoms with van der Waals surface area (Å²) in [5.41, 5.74) is -0.310. The van der Waals surface area contributed by atoms with E-state index in [1.807, 2.05) is 20.8 Å². The molecule has 2 unspecified atom stereocenters. The van der Waals surface area contributed by atoms with E-state index in [0.29, 0.717) is 3.92 Å². The highest BCUT2D eigenvalue weighted by Gasteiger charge is 2.74. The van der Waals surface area contributed by atoms with Gasteiger partial charge in [-0.3, -0.25) is 0 Å². The second kappa shape index (κ2) is 2.22. The minimum atomic E-state index is -1.45. The maximum atomic E-state index is 13.3. The summed E-state index contributed by atoms with van der Waals surface area (Å²) in [4.78, 5) is 0. The van der Waals surface area contributed by atoms with Crippen LogP contribution in [0.25, 0.3) is 0 Å². The Morgan fingerprint density at radius 3 is 2.00 bits per heavy atom. The molecule has 0 bridgehead atoms. The third-order valence-electron chi connectivity index (χ3n) is 2.90. The Bertz CT molecular complexity index is 158. The molecule has 0 aromatic heterocycles. The molecule has 0 heterocycles. The lowest BCUT2D eigenvalue weighted by molar-refractivity contribution is 0.336. The fourth-order valence-corrected chi connectivity index (χ4v) is 3.05. The van der Waals surface area contributed by atoms with Gasteiger partial charge in [0.25, 0.3) is 0 Å². The first-order valence-electron chi connectivity index (χ1n) is 3.37. The quantitative estimate of drug-likeness (QED) is 0.509. The second-order valence-electron chi connectivity index (χ2n) is 3.24. The monoisotopic (exact) mass is 276 g/mol. The Morgan fingerprint density at radius 1 is 1.70 bits per heavy atom. The molecule has 3 heteroatoms. The summed E-state index contributed by atoms with van der Waals surface area (Å²) < 4.78 is 13.5. The SMILES string of the molecule is CC(I)[C@@]1(C)[C@H](C)C1(F)Cl. The van der Waals surface area contributed by atoms with Gasteiger partial charge in [0.1, 0.15) is 0 Å². The van der Waals surface area contributed by atoms with E-state index in [2.05, 4.69) is 22.6 Å². The van der Waals surface area contributed by atoms with Crippen LogP contribution in [0.5, 0.6) is 0 Å². The minimum Gasteiger partial charge on any atom is -0.225 e. The maximum Gasteiger partial charge on any atom is 0.193 e. The van der Waals surface area contributed by atoms with Crippen LogP contribution in [-0.4, -0.2) is 9.05 Å². The molecule has 1 saturated carbocycles. The highest BCUT2D eigenvalue weighted by atomic mass is 127. The standard InChI is InChI=1S/C7H11ClFI/c1-4-6(3,5(2)10)7(4,8)9/h4-5H,1-3H3/t4-,5?,6+,7?/m0/s1. The molecular weight excluding hydrogens is 265 g/mol. The molecule has 0 aromatic carbocycles. The average Bonchev–Trinajstić information content (AvgIpc) is 2.16. The molecule has 0 aromatic rings. The van der Waals surface area contributed by atoms with Crippen LogP contribution in [0, 0.1) is 11.3 Å². The van der Waals surface area contributed by atoms with Gasteiger partial charge in [-0.1, -0.05) is 55.0 Å². The Kier molecular flexibility index (Phi) is 2.01. The third-order valence-corrected chi connectivity index (χ3v) is 4.93. The molecule has 0 radical (unpaired) electrons. The summed E-state index contributed by atoms with van der Waals surface area (Å²) in [6.45, 7) is 5.77. The van der Waals surface area contributed by atoms with E-state index in [9.17, 15) is 4.39 Å². The van der Waals surface area contributed by atoms with Gasteiger partial charge in [-0.2, -0.15) is 0 Å². The van der Waals surface area contributed by atoms with Crippen LogP contribution >= 0.6 is 34.2 Å². The van der Waals surface area contributed by atoms with Crippen molar-refractivity contribution in [2.24, 2.45) is 11.3 Å². The van der Waals surface area contributed by atoms with Crippen molar-refractivity contribution >= 4 is 34.2 Å². The fraction of sp³-hybridized carbons (Fsp3) is 1.00. The van der Waals surface area contributed by atoms with Gasteiger partial charge in [0, 0.05) is 15.3 Å². The molecule has 0 spiro atoms. The van der Waals surface area contributed by atoms with Gasteiger partial charge in [-0.15, -0.1) is 0 Å². The van der Waals surface area contributed by atoms with Crippen molar-refractivity contribution in [2.45, 2.75) is 29.8 Å². The van der Waals surface area contributed by atoms with Gasteiger partial charge in [-0.25, -0.2) is 4.39 Å². The molecule has 0 saturated heterocycles. The van der Waals surface area contributed by atoms with E-state index in [0.717, 1.165) is 0 Å². The number of hydrogen-bond donors (Lipinski definition) is 0. The van der Waals surface area contributed by atoms with Gasteiger partial charge >= 0.3 is 0 Å². The van der Waals surface area contributed by atoms with Crippen molar-refractivity contribution in [1.82, 2.24) is 0 Å². The minimum absolute atomic E-state index is 0.00596. The lowest BCUT2D eigenvalue weighted by Crippen LogP contribution is -2.15. The summed E-state index contributed by atoms with van der Waals surface area (Å²) in [5, 5.41) is -1.45. The molecule has 0 amide bonds. The zero-order valence-electron chi connectivity index (χ0n) is 6.29. The van der Waals surface area contributed by atoms with Crippen LogP contribution in [-0.2, 0) is 0 Å². The Morgan fingerprint density at radius 2 is 2.00 bits per heavy atom. The average molecular weight is 277 g/mol. The van der Waals surface area contributed by atoms with Crippen LogP contribution in [0.1, 0.15) is 20.8 Å². The van der Waals surface area contributed by atoms with E-state index >= 15 is 0 Å². The van der Waals surface area contributed by atoms with E-state index in [4.69, 9.17) is 11.6 Å². The Hall–Kier alpha value is 0.950. The topological polar surface area (TPSA) is 0 Å². The summed E-state index contributed by atoms with van der Waals surface area (Å²) in [6, 6.07) is 0. The van der Waals surface area contributed by atoms with Crippen molar-refractivity contribution in [1.29, 1.82) is 0 Å². The van der Waals surface area contributed by atoms with Gasteiger partial charge < -0.3 is 0 Å². The normalized spacial score (nSPS) is 56.4. The summed E-state index contributed by atoms with van der Waals surface area (Å²) >= 11 is 7.85. The first-order chi connectivity index (χ1) is 4.35. The molecule has 0 N–H and O–H groups in total. The van der Waals surface area contributed by atoms with E-state index in [-0.39, 0.29) is 11.3 Å². The van der Waals surface area contributed by atoms with E-state index in [1.165, 1.54) is 0 Å². The number of alkyl halides is 3. The molecular formula is C7H11ClFI. The zero-order chi connectivity index (χ0) is 8.15. The molecule has 60 valence electrons. The van der Waals surface area contributed by atoms with Crippen LogP contribution in [0.4, 0.5) is 4.39 Å². The molecule has 4 atom stereocenters. The van der Waals surface area contributed by atoms with Crippen LogP contribution < -0.4 is 0 Å². The molecule has 10 heavy (non-hydrogen) atoms. The molecule has 1 aliphatic rings. The first-order valence-corrected chi connectivity index (χ1v) is 4.99. The highest BCUT2D eigenvalue weighted by Crippen LogP contribution is 2.70. The fourth-order valence-electron chi connectivity index (χ4n) is 1.37. The molecule has 1 aliphatic carbocycles. The summed E-state index contributed by atoms with van der Waals surface area (Å²) in [6.07, 6.45) is 0. The van der Waals surface area contributed by atoms with Gasteiger partial charge in [-0.05, 0) is 0 Å². The summed E-state index contributed by atoms with van der Waals surface area (Å²) in [5.74, 6) is -0.00596. The van der Waals surface area contributed by atoms with Crippen molar-refractivity contribution in [3.63, 3.8) is 0 Å². The zero-order valence-corrected chi connectivity index (χ0v) is 9.20. The van der Waals surface area contributed by atoms with Crippen LogP contribution in [0.2, 0.25) is 0 Å². The van der Waals surface area contributed by atoms with Gasteiger partial charge in [0.15, 0.2) is 5.13 Å². The van der Waals surface area contributed by atoms with Crippen LogP contribution in [0.3, 0.4) is 0 Å². The third kappa shape index (κ3) is 0.840. The Balaban J connectivity index is 2.78. The maximum absolute atomic E-state index is 13.3.